The minimum absolute atomic E-state index is 0.101. The molecule has 0 saturated heterocycles. The van der Waals surface area contributed by atoms with E-state index in [-0.39, 0.29) is 11.7 Å². The first-order chi connectivity index (χ1) is 10.0. The summed E-state index contributed by atoms with van der Waals surface area (Å²) in [7, 11) is 0. The number of anilines is 1. The SMILES string of the molecule is CCCNc1c(F)cccc1C(=O)N(CC)CC(C)CC. The molecule has 1 N–H and O–H groups in total. The summed E-state index contributed by atoms with van der Waals surface area (Å²) >= 11 is 0. The molecule has 0 aliphatic rings. The van der Waals surface area contributed by atoms with Crippen LogP contribution in [-0.2, 0) is 0 Å². The van der Waals surface area contributed by atoms with Crippen molar-refractivity contribution in [2.24, 2.45) is 5.92 Å². The van der Waals surface area contributed by atoms with Crippen molar-refractivity contribution >= 4 is 11.6 Å². The summed E-state index contributed by atoms with van der Waals surface area (Å²) in [6.07, 6.45) is 1.90. The van der Waals surface area contributed by atoms with E-state index in [2.05, 4.69) is 19.2 Å². The molecule has 0 aliphatic heterocycles. The van der Waals surface area contributed by atoms with Crippen LogP contribution in [0.15, 0.2) is 18.2 Å². The van der Waals surface area contributed by atoms with Gasteiger partial charge in [0.15, 0.2) is 0 Å². The van der Waals surface area contributed by atoms with Gasteiger partial charge in [0.05, 0.1) is 11.3 Å². The molecular formula is C17H27FN2O. The van der Waals surface area contributed by atoms with Gasteiger partial charge in [0.1, 0.15) is 5.82 Å². The van der Waals surface area contributed by atoms with Crippen LogP contribution in [0.5, 0.6) is 0 Å². The van der Waals surface area contributed by atoms with Crippen molar-refractivity contribution in [2.75, 3.05) is 25.0 Å². The van der Waals surface area contributed by atoms with Crippen molar-refractivity contribution in [3.05, 3.63) is 29.6 Å². The van der Waals surface area contributed by atoms with E-state index >= 15 is 0 Å². The molecule has 0 aliphatic carbocycles. The van der Waals surface area contributed by atoms with Crippen LogP contribution in [0.4, 0.5) is 10.1 Å². The molecule has 1 rings (SSSR count). The minimum Gasteiger partial charge on any atom is -0.382 e. The quantitative estimate of drug-likeness (QED) is 0.781. The van der Waals surface area contributed by atoms with Crippen LogP contribution >= 0.6 is 0 Å². The molecule has 1 atom stereocenters. The molecule has 21 heavy (non-hydrogen) atoms. The number of hydrogen-bond acceptors (Lipinski definition) is 2. The van der Waals surface area contributed by atoms with Crippen molar-refractivity contribution in [2.45, 2.75) is 40.5 Å². The zero-order valence-corrected chi connectivity index (χ0v) is 13.6. The van der Waals surface area contributed by atoms with Gasteiger partial charge in [-0.2, -0.15) is 0 Å². The summed E-state index contributed by atoms with van der Waals surface area (Å²) in [6.45, 7) is 10.2. The fourth-order valence-electron chi connectivity index (χ4n) is 2.16. The van der Waals surface area contributed by atoms with Crippen LogP contribution in [0.3, 0.4) is 0 Å². The van der Waals surface area contributed by atoms with Gasteiger partial charge in [0, 0.05) is 19.6 Å². The summed E-state index contributed by atoms with van der Waals surface area (Å²) in [5, 5.41) is 3.04. The predicted octanol–water partition coefficient (Wildman–Crippen LogP) is 4.16. The molecule has 0 radical (unpaired) electrons. The number of amides is 1. The molecule has 0 fully saturated rings. The smallest absolute Gasteiger partial charge is 0.256 e. The maximum absolute atomic E-state index is 14.0. The van der Waals surface area contributed by atoms with Gasteiger partial charge in [-0.3, -0.25) is 4.79 Å². The standard InChI is InChI=1S/C17H27FN2O/c1-5-11-19-16-14(9-8-10-15(16)18)17(21)20(7-3)12-13(4)6-2/h8-10,13,19H,5-7,11-12H2,1-4H3. The average molecular weight is 294 g/mol. The zero-order valence-electron chi connectivity index (χ0n) is 13.6. The van der Waals surface area contributed by atoms with E-state index in [0.29, 0.717) is 36.8 Å². The summed E-state index contributed by atoms with van der Waals surface area (Å²) in [5.74, 6) is -0.0284. The second-order valence-electron chi connectivity index (χ2n) is 5.45. The molecule has 1 amide bonds. The monoisotopic (exact) mass is 294 g/mol. The Bertz CT molecular complexity index is 462. The van der Waals surface area contributed by atoms with Gasteiger partial charge in [0.2, 0.25) is 0 Å². The van der Waals surface area contributed by atoms with Crippen molar-refractivity contribution < 1.29 is 9.18 Å². The van der Waals surface area contributed by atoms with Crippen molar-refractivity contribution in [3.8, 4) is 0 Å². The fourth-order valence-corrected chi connectivity index (χ4v) is 2.16. The van der Waals surface area contributed by atoms with Crippen molar-refractivity contribution in [3.63, 3.8) is 0 Å². The molecule has 0 spiro atoms. The number of halogens is 1. The molecule has 1 unspecified atom stereocenters. The van der Waals surface area contributed by atoms with Crippen LogP contribution in [0.1, 0.15) is 50.9 Å². The number of carbonyl (C=O) groups excluding carboxylic acids is 1. The highest BCUT2D eigenvalue weighted by atomic mass is 19.1. The normalized spacial score (nSPS) is 12.0. The van der Waals surface area contributed by atoms with Crippen molar-refractivity contribution in [1.82, 2.24) is 4.90 Å². The number of nitrogens with zero attached hydrogens (tertiary/aromatic N) is 1. The van der Waals surface area contributed by atoms with E-state index in [0.717, 1.165) is 12.8 Å². The lowest BCUT2D eigenvalue weighted by atomic mass is 10.1. The lowest BCUT2D eigenvalue weighted by Gasteiger charge is -2.25. The second kappa shape index (κ2) is 8.65. The summed E-state index contributed by atoms with van der Waals surface area (Å²) in [6, 6.07) is 4.68. The third-order valence-electron chi connectivity index (χ3n) is 3.69. The maximum atomic E-state index is 14.0. The number of hydrogen-bond donors (Lipinski definition) is 1. The summed E-state index contributed by atoms with van der Waals surface area (Å²) in [5.41, 5.74) is 0.751. The molecule has 0 heterocycles. The van der Waals surface area contributed by atoms with Gasteiger partial charge in [0.25, 0.3) is 5.91 Å². The van der Waals surface area contributed by atoms with Gasteiger partial charge < -0.3 is 10.2 Å². The van der Waals surface area contributed by atoms with E-state index in [1.54, 1.807) is 17.0 Å². The van der Waals surface area contributed by atoms with Gasteiger partial charge in [-0.05, 0) is 31.4 Å². The first kappa shape index (κ1) is 17.5. The zero-order chi connectivity index (χ0) is 15.8. The van der Waals surface area contributed by atoms with Crippen LogP contribution in [0, 0.1) is 11.7 Å². The van der Waals surface area contributed by atoms with E-state index in [1.807, 2.05) is 13.8 Å². The lowest BCUT2D eigenvalue weighted by molar-refractivity contribution is 0.0741. The minimum atomic E-state index is -0.367. The van der Waals surface area contributed by atoms with Gasteiger partial charge >= 0.3 is 0 Å². The Morgan fingerprint density at radius 1 is 1.33 bits per heavy atom. The Balaban J connectivity index is 3.01. The lowest BCUT2D eigenvalue weighted by Crippen LogP contribution is -2.35. The number of benzene rings is 1. The molecule has 118 valence electrons. The largest absolute Gasteiger partial charge is 0.382 e. The first-order valence-corrected chi connectivity index (χ1v) is 7.86. The number of para-hydroxylation sites is 1. The average Bonchev–Trinajstić information content (AvgIpc) is 2.50. The van der Waals surface area contributed by atoms with Crippen molar-refractivity contribution in [1.29, 1.82) is 0 Å². The molecule has 4 heteroatoms. The topological polar surface area (TPSA) is 32.3 Å². The molecule has 0 aromatic heterocycles. The van der Waals surface area contributed by atoms with Crippen LogP contribution < -0.4 is 5.32 Å². The Morgan fingerprint density at radius 3 is 2.62 bits per heavy atom. The molecule has 1 aromatic carbocycles. The maximum Gasteiger partial charge on any atom is 0.256 e. The van der Waals surface area contributed by atoms with Gasteiger partial charge in [-0.25, -0.2) is 4.39 Å². The summed E-state index contributed by atoms with van der Waals surface area (Å²) < 4.78 is 14.0. The summed E-state index contributed by atoms with van der Waals surface area (Å²) in [4.78, 5) is 14.5. The van der Waals surface area contributed by atoms with Gasteiger partial charge in [-0.15, -0.1) is 0 Å². The van der Waals surface area contributed by atoms with E-state index in [4.69, 9.17) is 0 Å². The number of rotatable bonds is 8. The second-order valence-corrected chi connectivity index (χ2v) is 5.45. The van der Waals surface area contributed by atoms with Crippen LogP contribution in [-0.4, -0.2) is 30.4 Å². The molecule has 0 bridgehead atoms. The Hall–Kier alpha value is -1.58. The number of nitrogens with one attached hydrogen (secondary N) is 1. The highest BCUT2D eigenvalue weighted by Gasteiger charge is 2.20. The highest BCUT2D eigenvalue weighted by Crippen LogP contribution is 2.22. The predicted molar refractivity (Wildman–Crippen MR) is 86.2 cm³/mol. The van der Waals surface area contributed by atoms with Crippen LogP contribution in [0.25, 0.3) is 0 Å². The van der Waals surface area contributed by atoms with Gasteiger partial charge in [-0.1, -0.05) is 33.3 Å². The molecule has 1 aromatic rings. The number of carbonyl (C=O) groups is 1. The first-order valence-electron chi connectivity index (χ1n) is 7.86. The molecule has 3 nitrogen and oxygen atoms in total. The van der Waals surface area contributed by atoms with Crippen LogP contribution in [0.2, 0.25) is 0 Å². The van der Waals surface area contributed by atoms with E-state index in [9.17, 15) is 9.18 Å². The Morgan fingerprint density at radius 2 is 2.05 bits per heavy atom. The highest BCUT2D eigenvalue weighted by molar-refractivity contribution is 5.99. The molecular weight excluding hydrogens is 267 g/mol. The van der Waals surface area contributed by atoms with E-state index in [1.165, 1.54) is 6.07 Å². The Kier molecular flexibility index (Phi) is 7.20. The third-order valence-corrected chi connectivity index (χ3v) is 3.69. The third kappa shape index (κ3) is 4.73. The van der Waals surface area contributed by atoms with E-state index < -0.39 is 0 Å². The Labute approximate surface area is 127 Å². The molecule has 0 saturated carbocycles. The fraction of sp³-hybridized carbons (Fsp3) is 0.588.